The Kier molecular flexibility index (Phi) is 2.60. The van der Waals surface area contributed by atoms with Crippen LogP contribution in [-0.2, 0) is 0 Å². The van der Waals surface area contributed by atoms with Gasteiger partial charge in [-0.25, -0.2) is 8.78 Å². The fraction of sp³-hybridized carbons (Fsp3) is 0.0769. The van der Waals surface area contributed by atoms with Crippen molar-refractivity contribution in [2.75, 3.05) is 5.73 Å². The minimum atomic E-state index is -0.529. The van der Waals surface area contributed by atoms with Crippen LogP contribution >= 0.6 is 0 Å². The number of hydrogen-bond donors (Lipinski definition) is 1. The van der Waals surface area contributed by atoms with Crippen LogP contribution in [0.1, 0.15) is 5.56 Å². The molecule has 0 fully saturated rings. The predicted octanol–water partition coefficient (Wildman–Crippen LogP) is 3.52. The lowest BCUT2D eigenvalue weighted by Gasteiger charge is -2.08. The zero-order valence-corrected chi connectivity index (χ0v) is 8.80. The van der Waals surface area contributed by atoms with Crippen molar-refractivity contribution in [1.82, 2.24) is 0 Å². The van der Waals surface area contributed by atoms with Gasteiger partial charge in [-0.05, 0) is 25.1 Å². The largest absolute Gasteiger partial charge is 0.396 e. The minimum Gasteiger partial charge on any atom is -0.396 e. The van der Waals surface area contributed by atoms with Crippen LogP contribution in [0.3, 0.4) is 0 Å². The van der Waals surface area contributed by atoms with E-state index in [2.05, 4.69) is 0 Å². The molecule has 0 bridgehead atoms. The van der Waals surface area contributed by atoms with Crippen LogP contribution in [0.5, 0.6) is 0 Å². The summed E-state index contributed by atoms with van der Waals surface area (Å²) in [4.78, 5) is 0. The Balaban J connectivity index is 2.67. The number of rotatable bonds is 1. The number of hydrogen-bond acceptors (Lipinski definition) is 1. The van der Waals surface area contributed by atoms with Gasteiger partial charge < -0.3 is 5.73 Å². The quantitative estimate of drug-likeness (QED) is 0.729. The van der Waals surface area contributed by atoms with Gasteiger partial charge in [-0.15, -0.1) is 0 Å². The molecule has 0 radical (unpaired) electrons. The first-order valence-corrected chi connectivity index (χ1v) is 4.90. The second kappa shape index (κ2) is 3.93. The molecule has 2 N–H and O–H groups in total. The van der Waals surface area contributed by atoms with E-state index in [1.807, 2.05) is 6.92 Å². The summed E-state index contributed by atoms with van der Waals surface area (Å²) in [5.74, 6) is -0.929. The molecule has 0 atom stereocenters. The van der Waals surface area contributed by atoms with E-state index < -0.39 is 11.6 Å². The molecule has 1 nitrogen and oxygen atoms in total. The van der Waals surface area contributed by atoms with Gasteiger partial charge in [-0.1, -0.05) is 23.8 Å². The summed E-state index contributed by atoms with van der Waals surface area (Å²) in [6.07, 6.45) is 0. The third kappa shape index (κ3) is 1.76. The smallest absolute Gasteiger partial charge is 0.146 e. The molecule has 2 aromatic carbocycles. The van der Waals surface area contributed by atoms with Crippen molar-refractivity contribution in [2.24, 2.45) is 0 Å². The number of para-hydroxylation sites is 1. The van der Waals surface area contributed by atoms with Crippen molar-refractivity contribution < 1.29 is 8.78 Å². The van der Waals surface area contributed by atoms with Gasteiger partial charge in [0.2, 0.25) is 0 Å². The monoisotopic (exact) mass is 219 g/mol. The maximum Gasteiger partial charge on any atom is 0.146 e. The highest BCUT2D eigenvalue weighted by molar-refractivity contribution is 5.77. The van der Waals surface area contributed by atoms with Crippen molar-refractivity contribution in [3.05, 3.63) is 53.6 Å². The van der Waals surface area contributed by atoms with Crippen LogP contribution in [0.15, 0.2) is 36.4 Å². The van der Waals surface area contributed by atoms with E-state index in [1.165, 1.54) is 18.2 Å². The normalized spacial score (nSPS) is 10.4. The summed E-state index contributed by atoms with van der Waals surface area (Å²) >= 11 is 0. The molecule has 0 saturated heterocycles. The van der Waals surface area contributed by atoms with Gasteiger partial charge in [-0.3, -0.25) is 0 Å². The molecule has 0 spiro atoms. The van der Waals surface area contributed by atoms with Crippen LogP contribution in [0.25, 0.3) is 11.1 Å². The van der Waals surface area contributed by atoms with Crippen LogP contribution in [0.4, 0.5) is 14.5 Å². The van der Waals surface area contributed by atoms with Gasteiger partial charge in [0.15, 0.2) is 0 Å². The van der Waals surface area contributed by atoms with Gasteiger partial charge in [0.1, 0.15) is 11.6 Å². The van der Waals surface area contributed by atoms with Crippen molar-refractivity contribution in [3.63, 3.8) is 0 Å². The summed E-state index contributed by atoms with van der Waals surface area (Å²) in [7, 11) is 0. The second-order valence-corrected chi connectivity index (χ2v) is 3.68. The Morgan fingerprint density at radius 3 is 2.44 bits per heavy atom. The number of nitrogen functional groups attached to an aromatic ring is 1. The predicted molar refractivity (Wildman–Crippen MR) is 60.9 cm³/mol. The lowest BCUT2D eigenvalue weighted by Crippen LogP contribution is -1.96. The zero-order chi connectivity index (χ0) is 11.7. The Bertz CT molecular complexity index is 535. The Morgan fingerprint density at radius 2 is 1.69 bits per heavy atom. The third-order valence-electron chi connectivity index (χ3n) is 2.46. The molecule has 0 aliphatic rings. The molecule has 2 aromatic rings. The third-order valence-corrected chi connectivity index (χ3v) is 2.46. The molecule has 82 valence electrons. The summed E-state index contributed by atoms with van der Waals surface area (Å²) in [5, 5.41) is 0. The highest BCUT2D eigenvalue weighted by Gasteiger charge is 2.10. The van der Waals surface area contributed by atoms with E-state index in [1.54, 1.807) is 18.2 Å². The first-order valence-electron chi connectivity index (χ1n) is 4.90. The Labute approximate surface area is 92.5 Å². The van der Waals surface area contributed by atoms with Crippen LogP contribution in [0.2, 0.25) is 0 Å². The van der Waals surface area contributed by atoms with E-state index in [9.17, 15) is 8.78 Å². The molecule has 0 aliphatic carbocycles. The van der Waals surface area contributed by atoms with Crippen molar-refractivity contribution in [2.45, 2.75) is 6.92 Å². The maximum absolute atomic E-state index is 13.6. The van der Waals surface area contributed by atoms with Crippen LogP contribution < -0.4 is 5.73 Å². The number of halogens is 2. The SMILES string of the molecule is Cc1ccc(F)c(-c2cccc(F)c2N)c1. The maximum atomic E-state index is 13.6. The standard InChI is InChI=1S/C13H11F2N/c1-8-5-6-11(14)10(7-8)9-3-2-4-12(15)13(9)16/h2-7H,16H2,1H3. The molecule has 0 aliphatic heterocycles. The first kappa shape index (κ1) is 10.6. The lowest BCUT2D eigenvalue weighted by atomic mass is 10.0. The van der Waals surface area contributed by atoms with E-state index in [4.69, 9.17) is 5.73 Å². The summed E-state index contributed by atoms with van der Waals surface area (Å²) < 4.78 is 26.8. The number of aryl methyl sites for hydroxylation is 1. The van der Waals surface area contributed by atoms with E-state index in [0.717, 1.165) is 5.56 Å². The molecule has 16 heavy (non-hydrogen) atoms. The summed E-state index contributed by atoms with van der Waals surface area (Å²) in [6, 6.07) is 9.05. The van der Waals surface area contributed by atoms with Crippen molar-refractivity contribution in [1.29, 1.82) is 0 Å². The van der Waals surface area contributed by atoms with E-state index >= 15 is 0 Å². The molecule has 2 rings (SSSR count). The molecule has 0 heterocycles. The molecular weight excluding hydrogens is 208 g/mol. The Hall–Kier alpha value is -1.90. The molecule has 3 heteroatoms. The van der Waals surface area contributed by atoms with Crippen LogP contribution in [-0.4, -0.2) is 0 Å². The summed E-state index contributed by atoms with van der Waals surface area (Å²) in [5.41, 5.74) is 7.19. The molecule has 0 amide bonds. The zero-order valence-electron chi connectivity index (χ0n) is 8.80. The topological polar surface area (TPSA) is 26.0 Å². The van der Waals surface area contributed by atoms with Crippen LogP contribution in [0, 0.1) is 18.6 Å². The number of nitrogens with two attached hydrogens (primary N) is 1. The highest BCUT2D eigenvalue weighted by Crippen LogP contribution is 2.30. The first-order chi connectivity index (χ1) is 7.59. The highest BCUT2D eigenvalue weighted by atomic mass is 19.1. The molecular formula is C13H11F2N. The number of anilines is 1. The molecule has 0 unspecified atom stereocenters. The Morgan fingerprint density at radius 1 is 0.938 bits per heavy atom. The molecule has 0 saturated carbocycles. The fourth-order valence-corrected chi connectivity index (χ4v) is 1.62. The fourth-order valence-electron chi connectivity index (χ4n) is 1.62. The minimum absolute atomic E-state index is 0.0213. The second-order valence-electron chi connectivity index (χ2n) is 3.68. The van der Waals surface area contributed by atoms with Gasteiger partial charge in [0.25, 0.3) is 0 Å². The van der Waals surface area contributed by atoms with E-state index in [-0.39, 0.29) is 5.69 Å². The average molecular weight is 219 g/mol. The summed E-state index contributed by atoms with van der Waals surface area (Å²) in [6.45, 7) is 1.85. The number of benzene rings is 2. The van der Waals surface area contributed by atoms with Gasteiger partial charge in [0, 0.05) is 11.1 Å². The van der Waals surface area contributed by atoms with E-state index in [0.29, 0.717) is 11.1 Å². The van der Waals surface area contributed by atoms with Gasteiger partial charge in [-0.2, -0.15) is 0 Å². The lowest BCUT2D eigenvalue weighted by molar-refractivity contribution is 0.627. The van der Waals surface area contributed by atoms with Crippen molar-refractivity contribution in [3.8, 4) is 11.1 Å². The van der Waals surface area contributed by atoms with Crippen molar-refractivity contribution >= 4 is 5.69 Å². The van der Waals surface area contributed by atoms with Gasteiger partial charge in [0.05, 0.1) is 5.69 Å². The average Bonchev–Trinajstić information content (AvgIpc) is 2.26. The van der Waals surface area contributed by atoms with Gasteiger partial charge >= 0.3 is 0 Å². The molecule has 0 aromatic heterocycles.